The van der Waals surface area contributed by atoms with Gasteiger partial charge < -0.3 is 20.1 Å². The van der Waals surface area contributed by atoms with Crippen molar-refractivity contribution >= 4 is 5.91 Å². The van der Waals surface area contributed by atoms with E-state index in [4.69, 9.17) is 9.47 Å². The van der Waals surface area contributed by atoms with Gasteiger partial charge in [-0.05, 0) is 32.6 Å². The molecule has 0 aromatic carbocycles. The van der Waals surface area contributed by atoms with Crippen LogP contribution in [0, 0.1) is 5.92 Å². The lowest BCUT2D eigenvalue weighted by Crippen LogP contribution is -2.57. The minimum Gasteiger partial charge on any atom is -0.381 e. The van der Waals surface area contributed by atoms with Gasteiger partial charge in [-0.2, -0.15) is 0 Å². The second-order valence-corrected chi connectivity index (χ2v) is 5.25. The lowest BCUT2D eigenvalue weighted by molar-refractivity contribution is -0.130. The van der Waals surface area contributed by atoms with Crippen LogP contribution < -0.4 is 10.6 Å². The Morgan fingerprint density at radius 2 is 2.06 bits per heavy atom. The minimum absolute atomic E-state index is 0.0550. The first-order valence-corrected chi connectivity index (χ1v) is 6.91. The van der Waals surface area contributed by atoms with Gasteiger partial charge in [0.15, 0.2) is 0 Å². The maximum Gasteiger partial charge on any atom is 0.240 e. The molecule has 104 valence electrons. The Morgan fingerprint density at radius 3 is 2.72 bits per heavy atom. The summed E-state index contributed by atoms with van der Waals surface area (Å²) >= 11 is 0. The summed E-state index contributed by atoms with van der Waals surface area (Å²) in [5, 5.41) is 6.33. The lowest BCUT2D eigenvalue weighted by Gasteiger charge is -2.33. The van der Waals surface area contributed by atoms with Crippen LogP contribution in [0.25, 0.3) is 0 Å². The Balaban J connectivity index is 1.81. The molecule has 0 aromatic rings. The fourth-order valence-electron chi connectivity index (χ4n) is 2.68. The molecule has 1 amide bonds. The summed E-state index contributed by atoms with van der Waals surface area (Å²) in [4.78, 5) is 12.2. The summed E-state index contributed by atoms with van der Waals surface area (Å²) in [6.45, 7) is 7.07. The first kappa shape index (κ1) is 13.8. The molecule has 0 radical (unpaired) electrons. The van der Waals surface area contributed by atoms with E-state index in [0.29, 0.717) is 12.5 Å². The molecule has 2 fully saturated rings. The van der Waals surface area contributed by atoms with Crippen molar-refractivity contribution in [3.63, 3.8) is 0 Å². The Kier molecular flexibility index (Phi) is 4.97. The topological polar surface area (TPSA) is 59.6 Å². The zero-order chi connectivity index (χ0) is 13.0. The molecule has 2 heterocycles. The number of carbonyl (C=O) groups excluding carboxylic acids is 1. The standard InChI is InChI=1S/C13H24N2O3/c1-9(11-3-6-17-7-4-11)15-13(16)12-10(2)18-8-5-14-12/h9-12,14H,3-8H2,1-2H3,(H,15,16)/t9?,10-,12+/m1/s1. The van der Waals surface area contributed by atoms with Gasteiger partial charge in [0.2, 0.25) is 5.91 Å². The molecule has 2 saturated heterocycles. The van der Waals surface area contributed by atoms with Crippen LogP contribution >= 0.6 is 0 Å². The maximum absolute atomic E-state index is 12.2. The number of carbonyl (C=O) groups is 1. The van der Waals surface area contributed by atoms with E-state index in [0.717, 1.165) is 32.6 Å². The van der Waals surface area contributed by atoms with Crippen molar-refractivity contribution in [3.05, 3.63) is 0 Å². The fourth-order valence-corrected chi connectivity index (χ4v) is 2.68. The van der Waals surface area contributed by atoms with E-state index in [1.54, 1.807) is 0 Å². The predicted octanol–water partition coefficient (Wildman–Crippen LogP) is 0.295. The maximum atomic E-state index is 12.2. The third-order valence-electron chi connectivity index (χ3n) is 3.94. The summed E-state index contributed by atoms with van der Waals surface area (Å²) in [6, 6.07) is -0.0154. The van der Waals surface area contributed by atoms with Crippen LogP contribution in [0.5, 0.6) is 0 Å². The predicted molar refractivity (Wildman–Crippen MR) is 68.4 cm³/mol. The van der Waals surface area contributed by atoms with Crippen molar-refractivity contribution in [1.82, 2.24) is 10.6 Å². The van der Waals surface area contributed by atoms with Crippen molar-refractivity contribution < 1.29 is 14.3 Å². The molecule has 0 bridgehead atoms. The van der Waals surface area contributed by atoms with Gasteiger partial charge in [0.1, 0.15) is 6.04 Å². The van der Waals surface area contributed by atoms with Gasteiger partial charge in [-0.15, -0.1) is 0 Å². The molecule has 2 N–H and O–H groups in total. The molecular weight excluding hydrogens is 232 g/mol. The van der Waals surface area contributed by atoms with Gasteiger partial charge in [0, 0.05) is 25.8 Å². The highest BCUT2D eigenvalue weighted by Crippen LogP contribution is 2.18. The molecule has 0 aromatic heterocycles. The number of hydrogen-bond donors (Lipinski definition) is 2. The molecule has 2 aliphatic heterocycles. The monoisotopic (exact) mass is 256 g/mol. The van der Waals surface area contributed by atoms with E-state index in [2.05, 4.69) is 17.6 Å². The zero-order valence-corrected chi connectivity index (χ0v) is 11.3. The Morgan fingerprint density at radius 1 is 1.33 bits per heavy atom. The van der Waals surface area contributed by atoms with Crippen molar-refractivity contribution in [2.75, 3.05) is 26.4 Å². The lowest BCUT2D eigenvalue weighted by atomic mass is 9.92. The first-order valence-electron chi connectivity index (χ1n) is 6.91. The van der Waals surface area contributed by atoms with Crippen LogP contribution in [-0.2, 0) is 14.3 Å². The average molecular weight is 256 g/mol. The van der Waals surface area contributed by atoms with E-state index in [1.165, 1.54) is 0 Å². The molecule has 1 unspecified atom stereocenters. The third-order valence-corrected chi connectivity index (χ3v) is 3.94. The minimum atomic E-state index is -0.221. The van der Waals surface area contributed by atoms with E-state index < -0.39 is 0 Å². The Labute approximate surface area is 109 Å². The molecule has 18 heavy (non-hydrogen) atoms. The summed E-state index contributed by atoms with van der Waals surface area (Å²) in [7, 11) is 0. The SMILES string of the molecule is CC(NC(=O)[C@H]1NCCO[C@@H]1C)C1CCOCC1. The number of rotatable bonds is 3. The molecular formula is C13H24N2O3. The summed E-state index contributed by atoms with van der Waals surface area (Å²) < 4.78 is 10.8. The van der Waals surface area contributed by atoms with E-state index in [9.17, 15) is 4.79 Å². The molecule has 0 aliphatic carbocycles. The van der Waals surface area contributed by atoms with Gasteiger partial charge in [-0.3, -0.25) is 4.79 Å². The van der Waals surface area contributed by atoms with Gasteiger partial charge >= 0.3 is 0 Å². The largest absolute Gasteiger partial charge is 0.381 e. The second kappa shape index (κ2) is 6.50. The van der Waals surface area contributed by atoms with Crippen LogP contribution in [0.3, 0.4) is 0 Å². The third kappa shape index (κ3) is 3.43. The number of morpholine rings is 1. The fraction of sp³-hybridized carbons (Fsp3) is 0.923. The van der Waals surface area contributed by atoms with Crippen molar-refractivity contribution in [3.8, 4) is 0 Å². The summed E-state index contributed by atoms with van der Waals surface area (Å²) in [6.07, 6.45) is 2.01. The van der Waals surface area contributed by atoms with Crippen LogP contribution in [0.15, 0.2) is 0 Å². The molecule has 3 atom stereocenters. The number of hydrogen-bond acceptors (Lipinski definition) is 4. The van der Waals surface area contributed by atoms with Crippen LogP contribution in [0.4, 0.5) is 0 Å². The summed E-state index contributed by atoms with van der Waals surface area (Å²) in [5.41, 5.74) is 0. The van der Waals surface area contributed by atoms with Crippen molar-refractivity contribution in [1.29, 1.82) is 0 Å². The molecule has 0 spiro atoms. The molecule has 5 nitrogen and oxygen atoms in total. The number of nitrogens with one attached hydrogen (secondary N) is 2. The zero-order valence-electron chi connectivity index (χ0n) is 11.3. The van der Waals surface area contributed by atoms with Crippen LogP contribution in [0.1, 0.15) is 26.7 Å². The highest BCUT2D eigenvalue weighted by atomic mass is 16.5. The molecule has 5 heteroatoms. The highest BCUT2D eigenvalue weighted by Gasteiger charge is 2.30. The smallest absolute Gasteiger partial charge is 0.240 e. The van der Waals surface area contributed by atoms with Crippen molar-refractivity contribution in [2.45, 2.75) is 44.9 Å². The van der Waals surface area contributed by atoms with Gasteiger partial charge in [-0.25, -0.2) is 0 Å². The molecule has 2 rings (SSSR count). The number of ether oxygens (including phenoxy) is 2. The van der Waals surface area contributed by atoms with Gasteiger partial charge in [0.25, 0.3) is 0 Å². The van der Waals surface area contributed by atoms with E-state index >= 15 is 0 Å². The van der Waals surface area contributed by atoms with E-state index in [1.807, 2.05) is 6.92 Å². The quantitative estimate of drug-likeness (QED) is 0.762. The van der Waals surface area contributed by atoms with Crippen molar-refractivity contribution in [2.24, 2.45) is 5.92 Å². The molecule has 2 aliphatic rings. The van der Waals surface area contributed by atoms with Crippen LogP contribution in [-0.4, -0.2) is 50.5 Å². The highest BCUT2D eigenvalue weighted by molar-refractivity contribution is 5.82. The van der Waals surface area contributed by atoms with E-state index in [-0.39, 0.29) is 24.1 Å². The Hall–Kier alpha value is -0.650. The number of amides is 1. The second-order valence-electron chi connectivity index (χ2n) is 5.25. The van der Waals surface area contributed by atoms with Gasteiger partial charge in [0.05, 0.1) is 12.7 Å². The average Bonchev–Trinajstić information content (AvgIpc) is 2.40. The molecule has 0 saturated carbocycles. The van der Waals surface area contributed by atoms with Gasteiger partial charge in [-0.1, -0.05) is 0 Å². The first-order chi connectivity index (χ1) is 8.68. The van der Waals surface area contributed by atoms with Crippen LogP contribution in [0.2, 0.25) is 0 Å². The summed E-state index contributed by atoms with van der Waals surface area (Å²) in [5.74, 6) is 0.587. The Bertz CT molecular complexity index is 279. The normalized spacial score (nSPS) is 31.9.